The number of unbranched alkanes of at least 4 members (excludes halogenated alkanes) is 5. The summed E-state index contributed by atoms with van der Waals surface area (Å²) in [6.07, 6.45) is 7.78. The third kappa shape index (κ3) is 8.00. The van der Waals surface area contributed by atoms with Gasteiger partial charge in [-0.2, -0.15) is 0 Å². The van der Waals surface area contributed by atoms with Crippen LogP contribution in [0.2, 0.25) is 0 Å². The van der Waals surface area contributed by atoms with Gasteiger partial charge < -0.3 is 9.64 Å². The molecule has 0 unspecified atom stereocenters. The van der Waals surface area contributed by atoms with Crippen LogP contribution in [0, 0.1) is 0 Å². The molecule has 24 heavy (non-hydrogen) atoms. The fourth-order valence-corrected chi connectivity index (χ4v) is 3.45. The van der Waals surface area contributed by atoms with Crippen LogP contribution in [0.3, 0.4) is 0 Å². The lowest BCUT2D eigenvalue weighted by Crippen LogP contribution is -2.43. The molecule has 136 valence electrons. The second-order valence-electron chi connectivity index (χ2n) is 6.88. The van der Waals surface area contributed by atoms with Crippen LogP contribution in [0.4, 0.5) is 0 Å². The number of halogens is 1. The molecule has 0 bridgehead atoms. The summed E-state index contributed by atoms with van der Waals surface area (Å²) in [4.78, 5) is 4.93. The fourth-order valence-electron chi connectivity index (χ4n) is 3.05. The van der Waals surface area contributed by atoms with Crippen LogP contribution >= 0.6 is 15.9 Å². The predicted molar refractivity (Wildman–Crippen MR) is 106 cm³/mol. The Morgan fingerprint density at radius 2 is 1.50 bits per heavy atom. The Hall–Kier alpha value is -0.580. The molecule has 0 aromatic heterocycles. The summed E-state index contributed by atoms with van der Waals surface area (Å²) < 4.78 is 5.86. The Bertz CT molecular complexity index is 430. The van der Waals surface area contributed by atoms with E-state index in [2.05, 4.69) is 57.0 Å². The number of piperazine rings is 1. The molecule has 0 saturated carbocycles. The van der Waals surface area contributed by atoms with Gasteiger partial charge in [-0.25, -0.2) is 0 Å². The van der Waals surface area contributed by atoms with Gasteiger partial charge in [0.05, 0.1) is 6.61 Å². The number of ether oxygens (including phenoxy) is 1. The Balaban J connectivity index is 1.56. The largest absolute Gasteiger partial charge is 0.494 e. The Labute approximate surface area is 156 Å². The molecule has 1 aromatic carbocycles. The summed E-state index contributed by atoms with van der Waals surface area (Å²) in [7, 11) is 2.20. The number of likely N-dealkylation sites (N-methyl/N-ethyl adjacent to an activating group) is 1. The van der Waals surface area contributed by atoms with Crippen molar-refractivity contribution in [3.05, 3.63) is 29.8 Å². The monoisotopic (exact) mass is 396 g/mol. The number of hydrogen-bond acceptors (Lipinski definition) is 3. The van der Waals surface area contributed by atoms with Crippen molar-refractivity contribution >= 4 is 15.9 Å². The van der Waals surface area contributed by atoms with Crippen molar-refractivity contribution in [3.63, 3.8) is 0 Å². The average molecular weight is 397 g/mol. The van der Waals surface area contributed by atoms with E-state index in [4.69, 9.17) is 4.74 Å². The topological polar surface area (TPSA) is 15.7 Å². The van der Waals surface area contributed by atoms with Gasteiger partial charge in [0.25, 0.3) is 0 Å². The highest BCUT2D eigenvalue weighted by Gasteiger charge is 2.13. The molecule has 1 aromatic rings. The molecular weight excluding hydrogens is 364 g/mol. The van der Waals surface area contributed by atoms with Crippen molar-refractivity contribution in [2.75, 3.05) is 45.2 Å². The van der Waals surface area contributed by atoms with E-state index >= 15 is 0 Å². The van der Waals surface area contributed by atoms with Crippen molar-refractivity contribution in [2.24, 2.45) is 0 Å². The highest BCUT2D eigenvalue weighted by molar-refractivity contribution is 9.09. The molecule has 1 aliphatic heterocycles. The smallest absolute Gasteiger partial charge is 0.119 e. The molecule has 0 amide bonds. The maximum absolute atomic E-state index is 5.86. The van der Waals surface area contributed by atoms with Gasteiger partial charge >= 0.3 is 0 Å². The SMILES string of the molecule is CN1CCN(Cc2ccc(OCCCCCCCCBr)cc2)CC1. The number of benzene rings is 1. The fraction of sp³-hybridized carbons (Fsp3) is 0.700. The third-order valence-electron chi connectivity index (χ3n) is 4.72. The summed E-state index contributed by atoms with van der Waals surface area (Å²) in [6.45, 7) is 6.60. The maximum atomic E-state index is 5.86. The molecule has 0 spiro atoms. The average Bonchev–Trinajstić information content (AvgIpc) is 2.61. The first-order valence-electron chi connectivity index (χ1n) is 9.46. The van der Waals surface area contributed by atoms with Gasteiger partial charge in [0, 0.05) is 38.1 Å². The molecule has 1 saturated heterocycles. The van der Waals surface area contributed by atoms with E-state index in [0.717, 1.165) is 30.7 Å². The zero-order valence-electron chi connectivity index (χ0n) is 15.2. The second kappa shape index (κ2) is 11.9. The molecule has 1 heterocycles. The van der Waals surface area contributed by atoms with Gasteiger partial charge in [-0.1, -0.05) is 53.7 Å². The Morgan fingerprint density at radius 3 is 2.17 bits per heavy atom. The molecule has 1 aliphatic rings. The van der Waals surface area contributed by atoms with E-state index < -0.39 is 0 Å². The summed E-state index contributed by atoms with van der Waals surface area (Å²) in [5, 5.41) is 1.14. The first-order chi connectivity index (χ1) is 11.8. The number of alkyl halides is 1. The van der Waals surface area contributed by atoms with E-state index in [1.807, 2.05) is 0 Å². The quantitative estimate of drug-likeness (QED) is 0.403. The highest BCUT2D eigenvalue weighted by Crippen LogP contribution is 2.15. The second-order valence-corrected chi connectivity index (χ2v) is 7.68. The number of rotatable bonds is 11. The lowest BCUT2D eigenvalue weighted by atomic mass is 10.1. The zero-order valence-corrected chi connectivity index (χ0v) is 16.8. The third-order valence-corrected chi connectivity index (χ3v) is 5.28. The molecule has 0 radical (unpaired) electrons. The molecule has 2 rings (SSSR count). The summed E-state index contributed by atoms with van der Waals surface area (Å²) in [6, 6.07) is 8.69. The van der Waals surface area contributed by atoms with Gasteiger partial charge in [0.2, 0.25) is 0 Å². The first-order valence-corrected chi connectivity index (χ1v) is 10.6. The van der Waals surface area contributed by atoms with Gasteiger partial charge in [-0.3, -0.25) is 4.90 Å². The Morgan fingerprint density at radius 1 is 0.875 bits per heavy atom. The highest BCUT2D eigenvalue weighted by atomic mass is 79.9. The summed E-state index contributed by atoms with van der Waals surface area (Å²) in [5.74, 6) is 1.01. The Kier molecular flexibility index (Phi) is 9.78. The van der Waals surface area contributed by atoms with E-state index in [0.29, 0.717) is 0 Å². The van der Waals surface area contributed by atoms with E-state index in [1.165, 1.54) is 63.8 Å². The van der Waals surface area contributed by atoms with Crippen LogP contribution in [0.1, 0.15) is 44.1 Å². The van der Waals surface area contributed by atoms with Gasteiger partial charge in [0.1, 0.15) is 5.75 Å². The number of nitrogens with zero attached hydrogens (tertiary/aromatic N) is 2. The van der Waals surface area contributed by atoms with Crippen molar-refractivity contribution in [3.8, 4) is 5.75 Å². The lowest BCUT2D eigenvalue weighted by molar-refractivity contribution is 0.148. The van der Waals surface area contributed by atoms with Crippen LogP contribution in [-0.4, -0.2) is 55.0 Å². The van der Waals surface area contributed by atoms with Crippen LogP contribution in [0.5, 0.6) is 5.75 Å². The molecule has 0 aliphatic carbocycles. The standard InChI is InChI=1S/C20H33BrN2O/c1-22-13-15-23(16-14-22)18-19-8-10-20(11-9-19)24-17-7-5-3-2-4-6-12-21/h8-11H,2-7,12-18H2,1H3. The van der Waals surface area contributed by atoms with Crippen LogP contribution in [-0.2, 0) is 6.54 Å². The molecule has 0 N–H and O–H groups in total. The lowest BCUT2D eigenvalue weighted by Gasteiger charge is -2.32. The molecule has 3 nitrogen and oxygen atoms in total. The van der Waals surface area contributed by atoms with Crippen LogP contribution in [0.15, 0.2) is 24.3 Å². The summed E-state index contributed by atoms with van der Waals surface area (Å²) in [5.41, 5.74) is 1.39. The van der Waals surface area contributed by atoms with Crippen molar-refractivity contribution in [1.29, 1.82) is 0 Å². The van der Waals surface area contributed by atoms with Gasteiger partial charge in [0.15, 0.2) is 0 Å². The van der Waals surface area contributed by atoms with Crippen LogP contribution < -0.4 is 4.74 Å². The van der Waals surface area contributed by atoms with Crippen LogP contribution in [0.25, 0.3) is 0 Å². The van der Waals surface area contributed by atoms with Crippen molar-refractivity contribution < 1.29 is 4.74 Å². The van der Waals surface area contributed by atoms with Gasteiger partial charge in [-0.05, 0) is 37.6 Å². The van der Waals surface area contributed by atoms with E-state index in [9.17, 15) is 0 Å². The van der Waals surface area contributed by atoms with E-state index in [-0.39, 0.29) is 0 Å². The number of hydrogen-bond donors (Lipinski definition) is 0. The molecule has 1 fully saturated rings. The molecule has 4 heteroatoms. The summed E-state index contributed by atoms with van der Waals surface area (Å²) >= 11 is 3.48. The van der Waals surface area contributed by atoms with Gasteiger partial charge in [-0.15, -0.1) is 0 Å². The minimum atomic E-state index is 0.844. The first kappa shape index (κ1) is 19.7. The van der Waals surface area contributed by atoms with E-state index in [1.54, 1.807) is 0 Å². The molecule has 0 atom stereocenters. The van der Waals surface area contributed by atoms with Crippen molar-refractivity contribution in [1.82, 2.24) is 9.80 Å². The normalized spacial score (nSPS) is 16.4. The van der Waals surface area contributed by atoms with Crippen molar-refractivity contribution in [2.45, 2.75) is 45.1 Å². The minimum Gasteiger partial charge on any atom is -0.494 e. The predicted octanol–water partition coefficient (Wildman–Crippen LogP) is 4.55. The minimum absolute atomic E-state index is 0.844. The maximum Gasteiger partial charge on any atom is 0.119 e. The zero-order chi connectivity index (χ0) is 17.0. The molecular formula is C20H33BrN2O.